The first-order valence-corrected chi connectivity index (χ1v) is 11.9. The Kier molecular flexibility index (Phi) is 3.74. The van der Waals surface area contributed by atoms with E-state index in [1.807, 2.05) is 24.3 Å². The summed E-state index contributed by atoms with van der Waals surface area (Å²) in [5, 5.41) is 1.10. The highest BCUT2D eigenvalue weighted by atomic mass is 16.5. The third kappa shape index (κ3) is 2.71. The summed E-state index contributed by atoms with van der Waals surface area (Å²) in [5.74, 6) is 4.13. The molecule has 1 atom stereocenters. The van der Waals surface area contributed by atoms with Crippen LogP contribution in [0.2, 0.25) is 0 Å². The Morgan fingerprint density at radius 1 is 0.829 bits per heavy atom. The topological polar surface area (TPSA) is 40.2 Å². The van der Waals surface area contributed by atoms with Gasteiger partial charge in [0.1, 0.15) is 28.7 Å². The van der Waals surface area contributed by atoms with Gasteiger partial charge in [-0.15, -0.1) is 0 Å². The van der Waals surface area contributed by atoms with Crippen molar-refractivity contribution >= 4 is 28.1 Å². The van der Waals surface area contributed by atoms with E-state index in [2.05, 4.69) is 83.4 Å². The molecule has 166 valence electrons. The number of hydrogen-bond donors (Lipinski definition) is 0. The molecule has 0 saturated heterocycles. The van der Waals surface area contributed by atoms with Gasteiger partial charge in [0.2, 0.25) is 0 Å². The maximum atomic E-state index is 6.36. The lowest BCUT2D eigenvalue weighted by atomic mass is 9.88. The standard InChI is InChI=1S/C31H20N2O2/c1-2-8-19(9-3-1)31-32-25-11-5-6-12-26(25)33(31)20-14-15-28-22(16-20)24-18-29-23(17-30(24)35-28)21-10-4-7-13-27(21)34-29/h1-16,18,23H,17H2. The molecule has 0 spiro atoms. The fourth-order valence-electron chi connectivity index (χ4n) is 5.55. The molecule has 4 nitrogen and oxygen atoms in total. The van der Waals surface area contributed by atoms with Gasteiger partial charge in [-0.1, -0.05) is 60.7 Å². The van der Waals surface area contributed by atoms with E-state index in [9.17, 15) is 0 Å². The number of benzene rings is 4. The Bertz CT molecular complexity index is 1810. The highest BCUT2D eigenvalue weighted by Gasteiger charge is 2.35. The van der Waals surface area contributed by atoms with Crippen molar-refractivity contribution < 1.29 is 9.15 Å². The van der Waals surface area contributed by atoms with Crippen molar-refractivity contribution in [3.63, 3.8) is 0 Å². The molecule has 4 aromatic carbocycles. The van der Waals surface area contributed by atoms with Crippen LogP contribution in [0.3, 0.4) is 0 Å². The van der Waals surface area contributed by atoms with Gasteiger partial charge in [0.05, 0.1) is 17.0 Å². The van der Waals surface area contributed by atoms with Crippen LogP contribution in [-0.2, 0) is 6.42 Å². The van der Waals surface area contributed by atoms with Gasteiger partial charge in [-0.3, -0.25) is 4.57 Å². The summed E-state index contributed by atoms with van der Waals surface area (Å²) in [7, 11) is 0. The Morgan fingerprint density at radius 2 is 1.66 bits per heavy atom. The molecule has 0 bridgehead atoms. The normalized spacial score (nSPS) is 16.0. The average molecular weight is 453 g/mol. The van der Waals surface area contributed by atoms with Crippen molar-refractivity contribution in [3.05, 3.63) is 120 Å². The Balaban J connectivity index is 1.32. The minimum atomic E-state index is 0.223. The van der Waals surface area contributed by atoms with Crippen LogP contribution in [0.25, 0.3) is 45.2 Å². The summed E-state index contributed by atoms with van der Waals surface area (Å²) < 4.78 is 14.8. The maximum Gasteiger partial charge on any atom is 0.145 e. The molecule has 1 unspecified atom stereocenters. The summed E-state index contributed by atoms with van der Waals surface area (Å²) in [5.41, 5.74) is 7.45. The monoisotopic (exact) mass is 452 g/mol. The van der Waals surface area contributed by atoms with Crippen LogP contribution in [0.5, 0.6) is 5.75 Å². The number of ether oxygens (including phenoxy) is 1. The number of para-hydroxylation sites is 3. The Morgan fingerprint density at radius 3 is 2.60 bits per heavy atom. The Hall–Kier alpha value is -4.57. The second-order valence-corrected chi connectivity index (χ2v) is 9.19. The quantitative estimate of drug-likeness (QED) is 0.273. The second-order valence-electron chi connectivity index (χ2n) is 9.19. The smallest absolute Gasteiger partial charge is 0.145 e. The first kappa shape index (κ1) is 18.8. The zero-order chi connectivity index (χ0) is 22.9. The van der Waals surface area contributed by atoms with Crippen molar-refractivity contribution in [3.8, 4) is 22.8 Å². The van der Waals surface area contributed by atoms with Gasteiger partial charge in [-0.25, -0.2) is 4.98 Å². The van der Waals surface area contributed by atoms with Crippen LogP contribution in [0.1, 0.15) is 22.8 Å². The number of aromatic nitrogens is 2. The van der Waals surface area contributed by atoms with Gasteiger partial charge in [0.25, 0.3) is 0 Å². The van der Waals surface area contributed by atoms with E-state index < -0.39 is 0 Å². The zero-order valence-corrected chi connectivity index (χ0v) is 18.8. The highest BCUT2D eigenvalue weighted by molar-refractivity contribution is 5.93. The average Bonchev–Trinajstić information content (AvgIpc) is 3.58. The highest BCUT2D eigenvalue weighted by Crippen LogP contribution is 2.48. The summed E-state index contributed by atoms with van der Waals surface area (Å²) in [6.45, 7) is 0. The molecule has 2 aliphatic rings. The summed E-state index contributed by atoms with van der Waals surface area (Å²) in [6, 6.07) is 33.4. The molecule has 3 heterocycles. The number of furan rings is 1. The van der Waals surface area contributed by atoms with E-state index in [4.69, 9.17) is 14.1 Å². The van der Waals surface area contributed by atoms with Crippen LogP contribution >= 0.6 is 0 Å². The van der Waals surface area contributed by atoms with Gasteiger partial charge in [-0.2, -0.15) is 0 Å². The maximum absolute atomic E-state index is 6.36. The van der Waals surface area contributed by atoms with Crippen LogP contribution < -0.4 is 4.74 Å². The first-order valence-electron chi connectivity index (χ1n) is 11.9. The molecular weight excluding hydrogens is 432 g/mol. The van der Waals surface area contributed by atoms with Crippen LogP contribution in [0.4, 0.5) is 0 Å². The van der Waals surface area contributed by atoms with Gasteiger partial charge >= 0.3 is 0 Å². The predicted octanol–water partition coefficient (Wildman–Crippen LogP) is 7.51. The van der Waals surface area contributed by atoms with E-state index in [-0.39, 0.29) is 5.92 Å². The molecule has 35 heavy (non-hydrogen) atoms. The second kappa shape index (κ2) is 6.97. The molecule has 4 heteroatoms. The SMILES string of the molecule is C1=C2Oc3ccccc3C2Cc2oc3ccc(-n4c(-c5ccccc5)nc5ccccc54)cc3c21. The lowest BCUT2D eigenvalue weighted by Crippen LogP contribution is -2.07. The number of nitrogens with zero attached hydrogens (tertiary/aromatic N) is 2. The first-order chi connectivity index (χ1) is 17.3. The Labute approximate surface area is 201 Å². The fraction of sp³-hybridized carbons (Fsp3) is 0.0645. The summed E-state index contributed by atoms with van der Waals surface area (Å²) in [4.78, 5) is 4.99. The van der Waals surface area contributed by atoms with E-state index in [1.165, 1.54) is 5.56 Å². The molecule has 2 aromatic heterocycles. The van der Waals surface area contributed by atoms with Gasteiger partial charge in [-0.05, 0) is 42.5 Å². The van der Waals surface area contributed by atoms with Crippen LogP contribution in [0.15, 0.2) is 107 Å². The number of rotatable bonds is 2. The molecule has 0 radical (unpaired) electrons. The van der Waals surface area contributed by atoms with Crippen molar-refractivity contribution in [2.75, 3.05) is 0 Å². The molecule has 8 rings (SSSR count). The van der Waals surface area contributed by atoms with Crippen molar-refractivity contribution in [1.82, 2.24) is 9.55 Å². The summed E-state index contributed by atoms with van der Waals surface area (Å²) in [6.07, 6.45) is 2.98. The van der Waals surface area contributed by atoms with E-state index in [0.29, 0.717) is 0 Å². The molecule has 0 saturated carbocycles. The van der Waals surface area contributed by atoms with E-state index in [1.54, 1.807) is 0 Å². The molecule has 1 aliphatic heterocycles. The van der Waals surface area contributed by atoms with Crippen molar-refractivity contribution in [2.24, 2.45) is 0 Å². The minimum Gasteiger partial charge on any atom is -0.461 e. The van der Waals surface area contributed by atoms with Crippen molar-refractivity contribution in [1.29, 1.82) is 0 Å². The van der Waals surface area contributed by atoms with Gasteiger partial charge in [0.15, 0.2) is 0 Å². The molecule has 6 aromatic rings. The molecule has 0 amide bonds. The predicted molar refractivity (Wildman–Crippen MR) is 138 cm³/mol. The van der Waals surface area contributed by atoms with Gasteiger partial charge < -0.3 is 9.15 Å². The molecular formula is C31H20N2O2. The zero-order valence-electron chi connectivity index (χ0n) is 18.8. The van der Waals surface area contributed by atoms with E-state index in [0.717, 1.165) is 68.3 Å². The largest absolute Gasteiger partial charge is 0.461 e. The minimum absolute atomic E-state index is 0.223. The third-order valence-corrected chi connectivity index (χ3v) is 7.18. The molecule has 0 N–H and O–H groups in total. The van der Waals surface area contributed by atoms with Crippen LogP contribution in [-0.4, -0.2) is 9.55 Å². The molecule has 0 fully saturated rings. The lowest BCUT2D eigenvalue weighted by Gasteiger charge is -2.15. The lowest BCUT2D eigenvalue weighted by molar-refractivity contribution is 0.418. The molecule has 1 aliphatic carbocycles. The third-order valence-electron chi connectivity index (χ3n) is 7.18. The number of allylic oxidation sites excluding steroid dienone is 1. The number of hydrogen-bond acceptors (Lipinski definition) is 3. The fourth-order valence-corrected chi connectivity index (χ4v) is 5.55. The van der Waals surface area contributed by atoms with Crippen molar-refractivity contribution in [2.45, 2.75) is 12.3 Å². The van der Waals surface area contributed by atoms with E-state index >= 15 is 0 Å². The van der Waals surface area contributed by atoms with Crippen LogP contribution in [0, 0.1) is 0 Å². The van der Waals surface area contributed by atoms with Gasteiger partial charge in [0, 0.05) is 34.2 Å². The number of fused-ring (bicyclic) bond motifs is 7. The number of imidazole rings is 1. The summed E-state index contributed by atoms with van der Waals surface area (Å²) >= 11 is 0.